The summed E-state index contributed by atoms with van der Waals surface area (Å²) >= 11 is 0. The van der Waals surface area contributed by atoms with Crippen LogP contribution in [0.3, 0.4) is 0 Å². The summed E-state index contributed by atoms with van der Waals surface area (Å²) in [4.78, 5) is 0. The van der Waals surface area contributed by atoms with Crippen molar-refractivity contribution in [3.05, 3.63) is 48.5 Å². The van der Waals surface area contributed by atoms with Gasteiger partial charge in [-0.05, 0) is 24.3 Å². The summed E-state index contributed by atoms with van der Waals surface area (Å²) in [7, 11) is -10.7. The minimum atomic E-state index is -7.90. The van der Waals surface area contributed by atoms with Gasteiger partial charge in [0.25, 0.3) is 0 Å². The molecule has 0 aliphatic rings. The molecule has 0 spiro atoms. The molecular formula is C21H8F20O3S2. The molecule has 0 saturated carbocycles. The molecule has 0 aliphatic carbocycles. The Labute approximate surface area is 243 Å². The van der Waals surface area contributed by atoms with Gasteiger partial charge in [0.1, 0.15) is 0 Å². The molecule has 0 fully saturated rings. The average Bonchev–Trinajstić information content (AvgIpc) is 3.21. The van der Waals surface area contributed by atoms with Crippen LogP contribution in [0.25, 0.3) is 20.2 Å². The van der Waals surface area contributed by atoms with Crippen LogP contribution in [-0.4, -0.2) is 60.2 Å². The molecule has 0 radical (unpaired) electrons. The number of fused-ring (bicyclic) bond motifs is 3. The Kier molecular flexibility index (Phi) is 9.51. The van der Waals surface area contributed by atoms with Crippen LogP contribution in [-0.2, 0) is 15.4 Å². The molecule has 1 heterocycles. The maximum Gasteiger partial charge on any atom is 0.503 e. The monoisotopic (exact) mass is 752 g/mol. The first-order valence-electron chi connectivity index (χ1n) is 10.8. The summed E-state index contributed by atoms with van der Waals surface area (Å²) in [5.74, 6) is -37.0. The second kappa shape index (κ2) is 11.1. The van der Waals surface area contributed by atoms with Crippen LogP contribution in [0.2, 0.25) is 0 Å². The van der Waals surface area contributed by atoms with Crippen LogP contribution in [0.4, 0.5) is 87.8 Å². The average molecular weight is 752 g/mol. The van der Waals surface area contributed by atoms with Crippen molar-refractivity contribution in [2.24, 2.45) is 0 Å². The Hall–Kier alpha value is -2.83. The summed E-state index contributed by atoms with van der Waals surface area (Å²) in [6.45, 7) is 0. The van der Waals surface area contributed by atoms with E-state index in [2.05, 4.69) is 0 Å². The minimum absolute atomic E-state index is 0.0947. The number of rotatable bonds is 7. The molecule has 262 valence electrons. The third kappa shape index (κ3) is 5.57. The van der Waals surface area contributed by atoms with E-state index < -0.39 is 82.5 Å². The largest absolute Gasteiger partial charge is 0.743 e. The highest BCUT2D eigenvalue weighted by molar-refractivity contribution is 7.86. The van der Waals surface area contributed by atoms with Crippen LogP contribution in [0.5, 0.6) is 0 Å². The minimum Gasteiger partial charge on any atom is -0.743 e. The number of benzene rings is 2. The lowest BCUT2D eigenvalue weighted by atomic mass is 10.0. The molecular weight excluding hydrogens is 744 g/mol. The maximum absolute atomic E-state index is 14.6. The molecule has 25 heteroatoms. The van der Waals surface area contributed by atoms with Gasteiger partial charge in [-0.1, -0.05) is 24.3 Å². The van der Waals surface area contributed by atoms with Gasteiger partial charge in [0.15, 0.2) is 19.5 Å². The van der Waals surface area contributed by atoms with Crippen LogP contribution >= 0.6 is 10.5 Å². The van der Waals surface area contributed by atoms with E-state index in [9.17, 15) is 101 Å². The van der Waals surface area contributed by atoms with Gasteiger partial charge < -0.3 is 4.55 Å². The van der Waals surface area contributed by atoms with Crippen molar-refractivity contribution >= 4 is 40.8 Å². The number of halogens is 20. The SMILES string of the molecule is FC(F)(F)C(F)(F)C(F)(F)C(F)(F)[s+]1c2ccccc2c2ccccc21.O=S(=O)([O-])C(F)(F)C(F)(F)C(F)(F)C(F)(F)C(F)(F)F. The molecule has 0 amide bonds. The fourth-order valence-electron chi connectivity index (χ4n) is 3.33. The van der Waals surface area contributed by atoms with E-state index >= 15 is 0 Å². The molecule has 1 aromatic heterocycles. The summed E-state index contributed by atoms with van der Waals surface area (Å²) < 4.78 is 282. The van der Waals surface area contributed by atoms with Crippen molar-refractivity contribution in [3.63, 3.8) is 0 Å². The number of thiophene rings is 1. The highest BCUT2D eigenvalue weighted by atomic mass is 32.2. The Morgan fingerprint density at radius 3 is 1.07 bits per heavy atom. The normalized spacial score (nSPS) is 15.2. The first-order chi connectivity index (χ1) is 20.1. The van der Waals surface area contributed by atoms with Gasteiger partial charge in [-0.3, -0.25) is 0 Å². The fourth-order valence-corrected chi connectivity index (χ4v) is 6.17. The first kappa shape index (κ1) is 39.3. The Morgan fingerprint density at radius 1 is 0.457 bits per heavy atom. The number of alkyl halides is 20. The Morgan fingerprint density at radius 2 is 0.761 bits per heavy atom. The van der Waals surface area contributed by atoms with E-state index in [1.54, 1.807) is 0 Å². The molecule has 0 atom stereocenters. The highest BCUT2D eigenvalue weighted by Gasteiger charge is 2.89. The van der Waals surface area contributed by atoms with Crippen molar-refractivity contribution in [2.75, 3.05) is 0 Å². The molecule has 2 aromatic carbocycles. The third-order valence-electron chi connectivity index (χ3n) is 5.70. The van der Waals surface area contributed by atoms with Gasteiger partial charge in [0.05, 0.1) is 10.5 Å². The lowest BCUT2D eigenvalue weighted by Gasteiger charge is -2.37. The van der Waals surface area contributed by atoms with Crippen LogP contribution in [0, 0.1) is 0 Å². The molecule has 3 rings (SSSR count). The third-order valence-corrected chi connectivity index (χ3v) is 8.95. The van der Waals surface area contributed by atoms with E-state index in [1.165, 1.54) is 36.4 Å². The standard InChI is InChI=1S/C16H8F9S.C5HF11O3S/c17-13(18,15(21,22)23)14(19,20)16(24,25)26-11-7-3-1-5-9(11)10-6-2-4-8-12(10)26;6-1(7,2(8,9)4(12,13)14)3(10,11)5(15,16)20(17,18)19/h1-8H;(H,17,18,19)/q+1;/p-1. The molecule has 3 nitrogen and oxygen atoms in total. The topological polar surface area (TPSA) is 57.2 Å². The van der Waals surface area contributed by atoms with Crippen molar-refractivity contribution in [1.29, 1.82) is 0 Å². The number of hydrogen-bond donors (Lipinski definition) is 0. The smallest absolute Gasteiger partial charge is 0.503 e. The van der Waals surface area contributed by atoms with E-state index in [4.69, 9.17) is 0 Å². The molecule has 0 bridgehead atoms. The van der Waals surface area contributed by atoms with Crippen LogP contribution in [0.1, 0.15) is 0 Å². The molecule has 0 unspecified atom stereocenters. The van der Waals surface area contributed by atoms with E-state index in [0.29, 0.717) is 0 Å². The highest BCUT2D eigenvalue weighted by Crippen LogP contribution is 2.64. The molecule has 0 N–H and O–H groups in total. The van der Waals surface area contributed by atoms with Gasteiger partial charge in [-0.25, -0.2) is 8.42 Å². The number of hydrogen-bond acceptors (Lipinski definition) is 3. The van der Waals surface area contributed by atoms with Gasteiger partial charge in [-0.2, -0.15) is 79.0 Å². The van der Waals surface area contributed by atoms with Gasteiger partial charge in [-0.15, -0.1) is 8.78 Å². The molecule has 0 saturated heterocycles. The predicted octanol–water partition coefficient (Wildman–Crippen LogP) is 9.72. The van der Waals surface area contributed by atoms with Crippen molar-refractivity contribution in [3.8, 4) is 0 Å². The zero-order valence-electron chi connectivity index (χ0n) is 20.7. The predicted molar refractivity (Wildman–Crippen MR) is 116 cm³/mol. The second-order valence-corrected chi connectivity index (χ2v) is 12.1. The quantitative estimate of drug-likeness (QED) is 0.137. The summed E-state index contributed by atoms with van der Waals surface area (Å²) in [5, 5.41) is -12.9. The summed E-state index contributed by atoms with van der Waals surface area (Å²) in [5.41, 5.74) is 0. The van der Waals surface area contributed by atoms with E-state index in [-0.39, 0.29) is 10.8 Å². The van der Waals surface area contributed by atoms with Crippen molar-refractivity contribution in [2.45, 2.75) is 52.5 Å². The van der Waals surface area contributed by atoms with Crippen molar-refractivity contribution in [1.82, 2.24) is 0 Å². The zero-order valence-corrected chi connectivity index (χ0v) is 22.4. The summed E-state index contributed by atoms with van der Waals surface area (Å²) in [6, 6.07) is 9.96. The Bertz CT molecular complexity index is 1630. The second-order valence-electron chi connectivity index (χ2n) is 8.65. The van der Waals surface area contributed by atoms with Crippen LogP contribution < -0.4 is 0 Å². The maximum atomic E-state index is 14.6. The van der Waals surface area contributed by atoms with E-state index in [0.717, 1.165) is 12.1 Å². The molecule has 0 aliphatic heterocycles. The first-order valence-corrected chi connectivity index (χ1v) is 13.4. The van der Waals surface area contributed by atoms with Crippen molar-refractivity contribution < 1.29 is 101 Å². The van der Waals surface area contributed by atoms with Gasteiger partial charge in [0, 0.05) is 10.8 Å². The van der Waals surface area contributed by atoms with Gasteiger partial charge >= 0.3 is 52.5 Å². The Balaban J connectivity index is 0.000000334. The lowest BCUT2D eigenvalue weighted by molar-refractivity contribution is -0.413. The van der Waals surface area contributed by atoms with E-state index in [1.807, 2.05) is 0 Å². The zero-order chi connectivity index (χ0) is 36.5. The summed E-state index contributed by atoms with van der Waals surface area (Å²) in [6.07, 6.45) is -14.2. The van der Waals surface area contributed by atoms with Crippen LogP contribution in [0.15, 0.2) is 48.5 Å². The lowest BCUT2D eigenvalue weighted by Crippen LogP contribution is -2.67. The molecule has 3 aromatic rings. The molecule has 46 heavy (non-hydrogen) atoms. The van der Waals surface area contributed by atoms with Gasteiger partial charge in [0.2, 0.25) is 0 Å². The fraction of sp³-hybridized carbons (Fsp3) is 0.429.